The number of nitrogens with zero attached hydrogens (tertiary/aromatic N) is 2. The standard InChI is InChI=1S/C28H31F2N3O4/c1-17(2)27-24(16-31-25(35)13-18-3-7-20(29)8-4-18)32-28(19-5-9-21(30)10-6-19)33(27)12-11-23-14-22(34)15-26(36)37-23/h3-10,17,22-23,34H,11-16H2,1-2H3,(H,31,35)/t22-,23-/m1/s1. The molecule has 4 rings (SSSR count). The predicted molar refractivity (Wildman–Crippen MR) is 133 cm³/mol. The zero-order chi connectivity index (χ0) is 26.5. The highest BCUT2D eigenvalue weighted by molar-refractivity contribution is 5.78. The number of aromatic nitrogens is 2. The molecule has 0 bridgehead atoms. The summed E-state index contributed by atoms with van der Waals surface area (Å²) in [5, 5.41) is 12.9. The third-order valence-corrected chi connectivity index (χ3v) is 6.37. The van der Waals surface area contributed by atoms with E-state index in [0.717, 1.165) is 5.69 Å². The maximum atomic E-state index is 13.6. The van der Waals surface area contributed by atoms with Crippen LogP contribution in [0.25, 0.3) is 11.4 Å². The topological polar surface area (TPSA) is 93.5 Å². The maximum absolute atomic E-state index is 13.6. The van der Waals surface area contributed by atoms with Gasteiger partial charge in [-0.15, -0.1) is 0 Å². The van der Waals surface area contributed by atoms with Crippen molar-refractivity contribution in [2.75, 3.05) is 0 Å². The summed E-state index contributed by atoms with van der Waals surface area (Å²) >= 11 is 0. The second-order valence-corrected chi connectivity index (χ2v) is 9.65. The van der Waals surface area contributed by atoms with Crippen molar-refractivity contribution in [2.45, 2.75) is 70.7 Å². The number of rotatable bonds is 9. The lowest BCUT2D eigenvalue weighted by molar-refractivity contribution is -0.160. The molecule has 1 aliphatic rings. The van der Waals surface area contributed by atoms with Gasteiger partial charge in [0.25, 0.3) is 0 Å². The van der Waals surface area contributed by atoms with Crippen LogP contribution in [0, 0.1) is 11.6 Å². The molecule has 2 N–H and O–H groups in total. The fraction of sp³-hybridized carbons (Fsp3) is 0.393. The van der Waals surface area contributed by atoms with Crippen molar-refractivity contribution in [1.82, 2.24) is 14.9 Å². The van der Waals surface area contributed by atoms with Crippen LogP contribution >= 0.6 is 0 Å². The highest BCUT2D eigenvalue weighted by atomic mass is 19.1. The van der Waals surface area contributed by atoms with Crippen molar-refractivity contribution in [3.63, 3.8) is 0 Å². The molecule has 196 valence electrons. The zero-order valence-electron chi connectivity index (χ0n) is 20.9. The molecule has 1 saturated heterocycles. The number of aliphatic hydroxyl groups is 1. The first-order valence-corrected chi connectivity index (χ1v) is 12.4. The van der Waals surface area contributed by atoms with Gasteiger partial charge in [0.05, 0.1) is 31.2 Å². The Morgan fingerprint density at radius 1 is 1.14 bits per heavy atom. The van der Waals surface area contributed by atoms with E-state index in [1.807, 2.05) is 18.4 Å². The smallest absolute Gasteiger partial charge is 0.308 e. The first-order chi connectivity index (χ1) is 17.7. The molecule has 0 spiro atoms. The predicted octanol–water partition coefficient (Wildman–Crippen LogP) is 4.27. The molecule has 2 atom stereocenters. The molecule has 7 nitrogen and oxygen atoms in total. The van der Waals surface area contributed by atoms with E-state index in [1.54, 1.807) is 24.3 Å². The Labute approximate surface area is 214 Å². The average Bonchev–Trinajstić information content (AvgIpc) is 3.21. The quantitative estimate of drug-likeness (QED) is 0.419. The first-order valence-electron chi connectivity index (χ1n) is 12.4. The van der Waals surface area contributed by atoms with Gasteiger partial charge in [0, 0.05) is 30.6 Å². The van der Waals surface area contributed by atoms with Gasteiger partial charge < -0.3 is 19.7 Å². The second-order valence-electron chi connectivity index (χ2n) is 9.65. The molecule has 0 aliphatic carbocycles. The molecule has 9 heteroatoms. The minimum atomic E-state index is -0.720. The van der Waals surface area contributed by atoms with Gasteiger partial charge in [-0.2, -0.15) is 0 Å². The van der Waals surface area contributed by atoms with Crippen molar-refractivity contribution in [3.05, 3.63) is 77.1 Å². The average molecular weight is 512 g/mol. The summed E-state index contributed by atoms with van der Waals surface area (Å²) in [7, 11) is 0. The number of carbonyl (C=O) groups excluding carboxylic acids is 2. The van der Waals surface area contributed by atoms with E-state index in [1.165, 1.54) is 24.3 Å². The summed E-state index contributed by atoms with van der Waals surface area (Å²) in [6.07, 6.45) is -0.181. The Morgan fingerprint density at radius 3 is 2.41 bits per heavy atom. The van der Waals surface area contributed by atoms with Gasteiger partial charge in [-0.25, -0.2) is 13.8 Å². The van der Waals surface area contributed by atoms with Crippen molar-refractivity contribution < 1.29 is 28.2 Å². The number of aliphatic hydroxyl groups excluding tert-OH is 1. The Balaban J connectivity index is 1.58. The number of benzene rings is 2. The molecule has 2 heterocycles. The number of halogens is 2. The Morgan fingerprint density at radius 2 is 1.78 bits per heavy atom. The van der Waals surface area contributed by atoms with Gasteiger partial charge in [0.1, 0.15) is 23.6 Å². The number of hydrogen-bond donors (Lipinski definition) is 2. The van der Waals surface area contributed by atoms with E-state index in [4.69, 9.17) is 9.72 Å². The summed E-state index contributed by atoms with van der Waals surface area (Å²) in [6, 6.07) is 11.8. The number of amides is 1. The second kappa shape index (κ2) is 11.6. The first kappa shape index (κ1) is 26.5. The Hall–Kier alpha value is -3.59. The molecule has 0 saturated carbocycles. The van der Waals surface area contributed by atoms with Crippen LogP contribution in [0.5, 0.6) is 0 Å². The van der Waals surface area contributed by atoms with E-state index in [0.29, 0.717) is 42.0 Å². The van der Waals surface area contributed by atoms with Gasteiger partial charge in [0.2, 0.25) is 5.91 Å². The number of ether oxygens (including phenoxy) is 1. The van der Waals surface area contributed by atoms with E-state index >= 15 is 0 Å². The van der Waals surface area contributed by atoms with Crippen LogP contribution in [0.4, 0.5) is 8.78 Å². The van der Waals surface area contributed by atoms with Crippen molar-refractivity contribution in [1.29, 1.82) is 0 Å². The van der Waals surface area contributed by atoms with Gasteiger partial charge in [-0.1, -0.05) is 26.0 Å². The molecule has 0 radical (unpaired) electrons. The lowest BCUT2D eigenvalue weighted by atomic mass is 10.0. The fourth-order valence-corrected chi connectivity index (χ4v) is 4.68. The van der Waals surface area contributed by atoms with E-state index in [9.17, 15) is 23.5 Å². The number of carbonyl (C=O) groups is 2. The van der Waals surface area contributed by atoms with E-state index < -0.39 is 18.2 Å². The molecule has 1 fully saturated rings. The van der Waals surface area contributed by atoms with Crippen LogP contribution in [0.15, 0.2) is 48.5 Å². The summed E-state index contributed by atoms with van der Waals surface area (Å²) in [4.78, 5) is 29.2. The van der Waals surface area contributed by atoms with Crippen molar-refractivity contribution >= 4 is 11.9 Å². The fourth-order valence-electron chi connectivity index (χ4n) is 4.68. The molecule has 3 aromatic rings. The van der Waals surface area contributed by atoms with E-state index in [2.05, 4.69) is 5.32 Å². The summed E-state index contributed by atoms with van der Waals surface area (Å²) < 4.78 is 34.2. The number of imidazole rings is 1. The van der Waals surface area contributed by atoms with E-state index in [-0.39, 0.29) is 42.8 Å². The summed E-state index contributed by atoms with van der Waals surface area (Å²) in [5.41, 5.74) is 3.00. The number of cyclic esters (lactones) is 1. The number of esters is 1. The van der Waals surface area contributed by atoms with Crippen LogP contribution in [-0.2, 0) is 33.8 Å². The van der Waals surface area contributed by atoms with Crippen molar-refractivity contribution in [2.24, 2.45) is 0 Å². The molecule has 0 unspecified atom stereocenters. The lowest BCUT2D eigenvalue weighted by Gasteiger charge is -2.26. The molecule has 2 aromatic carbocycles. The van der Waals surface area contributed by atoms with Gasteiger partial charge in [-0.3, -0.25) is 9.59 Å². The molecule has 37 heavy (non-hydrogen) atoms. The molecule has 1 amide bonds. The molecule has 1 aliphatic heterocycles. The Bertz CT molecular complexity index is 1240. The largest absolute Gasteiger partial charge is 0.462 e. The highest BCUT2D eigenvalue weighted by Gasteiger charge is 2.28. The zero-order valence-corrected chi connectivity index (χ0v) is 20.9. The monoisotopic (exact) mass is 511 g/mol. The number of nitrogens with one attached hydrogen (secondary N) is 1. The minimum Gasteiger partial charge on any atom is -0.462 e. The third-order valence-electron chi connectivity index (χ3n) is 6.37. The summed E-state index contributed by atoms with van der Waals surface area (Å²) in [6.45, 7) is 4.69. The normalized spacial score (nSPS) is 17.6. The molecule has 1 aromatic heterocycles. The van der Waals surface area contributed by atoms with Crippen LogP contribution in [0.1, 0.15) is 56.0 Å². The minimum absolute atomic E-state index is 0.00141. The van der Waals surface area contributed by atoms with Crippen LogP contribution in [0.3, 0.4) is 0 Å². The number of hydrogen-bond acceptors (Lipinski definition) is 5. The van der Waals surface area contributed by atoms with Gasteiger partial charge in [-0.05, 0) is 47.9 Å². The SMILES string of the molecule is CC(C)c1c(CNC(=O)Cc2ccc(F)cc2)nc(-c2ccc(F)cc2)n1CC[C@@H]1C[C@@H](O)CC(=O)O1. The molecular formula is C28H31F2N3O4. The third kappa shape index (κ3) is 6.80. The van der Waals surface area contributed by atoms with Crippen LogP contribution in [0.2, 0.25) is 0 Å². The van der Waals surface area contributed by atoms with Crippen LogP contribution in [-0.4, -0.2) is 38.7 Å². The lowest BCUT2D eigenvalue weighted by Crippen LogP contribution is -2.33. The molecular weight excluding hydrogens is 480 g/mol. The van der Waals surface area contributed by atoms with Gasteiger partial charge >= 0.3 is 5.97 Å². The van der Waals surface area contributed by atoms with Gasteiger partial charge in [0.15, 0.2) is 0 Å². The maximum Gasteiger partial charge on any atom is 0.308 e. The highest BCUT2D eigenvalue weighted by Crippen LogP contribution is 2.29. The summed E-state index contributed by atoms with van der Waals surface area (Å²) in [5.74, 6) is -0.687. The Kier molecular flexibility index (Phi) is 8.33. The van der Waals surface area contributed by atoms with Crippen LogP contribution < -0.4 is 5.32 Å². The van der Waals surface area contributed by atoms with Crippen molar-refractivity contribution in [3.8, 4) is 11.4 Å².